The quantitative estimate of drug-likeness (QED) is 0.303. The largest absolute Gasteiger partial charge is 0.481 e. The number of carbonyl (C=O) groups is 2. The smallest absolute Gasteiger partial charge is 0.261 e. The number of halogens is 1. The fraction of sp³-hybridized carbons (Fsp3) is 0.154. The van der Waals surface area contributed by atoms with Gasteiger partial charge in [0.05, 0.1) is 18.7 Å². The lowest BCUT2D eigenvalue weighted by molar-refractivity contribution is 0.0936. The van der Waals surface area contributed by atoms with E-state index in [4.69, 9.17) is 22.1 Å². The molecule has 0 bridgehead atoms. The van der Waals surface area contributed by atoms with Crippen LogP contribution in [0.25, 0.3) is 10.9 Å². The van der Waals surface area contributed by atoms with Crippen molar-refractivity contribution in [1.82, 2.24) is 15.3 Å². The van der Waals surface area contributed by atoms with Gasteiger partial charge in [-0.2, -0.15) is 0 Å². The fourth-order valence-electron chi connectivity index (χ4n) is 3.69. The maximum absolute atomic E-state index is 13.0. The zero-order valence-electron chi connectivity index (χ0n) is 19.6. The number of hydrogen-bond acceptors (Lipinski definition) is 6. The summed E-state index contributed by atoms with van der Waals surface area (Å²) < 4.78 is 5.07. The maximum Gasteiger partial charge on any atom is 0.261 e. The molecule has 2 aromatic carbocycles. The molecule has 36 heavy (non-hydrogen) atoms. The van der Waals surface area contributed by atoms with Crippen molar-refractivity contribution in [3.8, 4) is 5.88 Å². The monoisotopic (exact) mass is 505 g/mol. The third-order valence-electron chi connectivity index (χ3n) is 5.70. The minimum absolute atomic E-state index is 0.0899. The van der Waals surface area contributed by atoms with Crippen LogP contribution in [0.5, 0.6) is 5.88 Å². The summed E-state index contributed by atoms with van der Waals surface area (Å²) in [5.74, 6) is -0.647. The van der Waals surface area contributed by atoms with Gasteiger partial charge in [-0.15, -0.1) is 0 Å². The predicted molar refractivity (Wildman–Crippen MR) is 139 cm³/mol. The zero-order valence-corrected chi connectivity index (χ0v) is 20.3. The van der Waals surface area contributed by atoms with Gasteiger partial charge in [-0.3, -0.25) is 14.4 Å². The Kier molecular flexibility index (Phi) is 7.33. The average Bonchev–Trinajstić information content (AvgIpc) is 2.87. The van der Waals surface area contributed by atoms with Crippen LogP contribution in [0.15, 0.2) is 65.6 Å². The number of carbonyl (C=O) groups excluding carboxylic acids is 2. The van der Waals surface area contributed by atoms with Gasteiger partial charge in [-0.1, -0.05) is 29.8 Å². The first-order chi connectivity index (χ1) is 17.3. The van der Waals surface area contributed by atoms with E-state index in [1.54, 1.807) is 49.4 Å². The molecule has 0 fully saturated rings. The van der Waals surface area contributed by atoms with E-state index in [0.717, 1.165) is 5.56 Å². The highest BCUT2D eigenvalue weighted by Crippen LogP contribution is 2.21. The van der Waals surface area contributed by atoms with Crippen LogP contribution in [0.3, 0.4) is 0 Å². The number of aromatic amines is 1. The van der Waals surface area contributed by atoms with Crippen molar-refractivity contribution in [2.75, 3.05) is 19.0 Å². The Balaban J connectivity index is 1.56. The summed E-state index contributed by atoms with van der Waals surface area (Å²) in [5, 5.41) is 6.73. The van der Waals surface area contributed by atoms with Gasteiger partial charge in [0.15, 0.2) is 0 Å². The number of anilines is 1. The first-order valence-corrected chi connectivity index (χ1v) is 11.4. The standard InChI is InChI=1S/C26H24ClN5O4/c1-14-6-7-16(24(33)32-22(12-28)15-4-3-5-18(27)8-15)10-20(14)30-25(34)19-9-17-13-29-23(36-2)11-21(17)31-26(19)35/h3-11,13,22H,12,28H2,1-2H3,(H,30,34)(H,31,35)(H,32,33). The Morgan fingerprint density at radius 2 is 1.94 bits per heavy atom. The highest BCUT2D eigenvalue weighted by Gasteiger charge is 2.18. The topological polar surface area (TPSA) is 139 Å². The lowest BCUT2D eigenvalue weighted by Crippen LogP contribution is -2.33. The van der Waals surface area contributed by atoms with Crippen molar-refractivity contribution in [3.63, 3.8) is 0 Å². The Morgan fingerprint density at radius 1 is 1.14 bits per heavy atom. The summed E-state index contributed by atoms with van der Waals surface area (Å²) in [7, 11) is 1.47. The molecule has 0 spiro atoms. The van der Waals surface area contributed by atoms with Crippen molar-refractivity contribution >= 4 is 40.0 Å². The van der Waals surface area contributed by atoms with E-state index >= 15 is 0 Å². The van der Waals surface area contributed by atoms with Crippen molar-refractivity contribution in [2.45, 2.75) is 13.0 Å². The van der Waals surface area contributed by atoms with E-state index in [0.29, 0.717) is 38.6 Å². The van der Waals surface area contributed by atoms with E-state index in [-0.39, 0.29) is 18.0 Å². The van der Waals surface area contributed by atoms with Crippen molar-refractivity contribution in [2.24, 2.45) is 5.73 Å². The molecule has 9 nitrogen and oxygen atoms in total. The molecule has 0 radical (unpaired) electrons. The van der Waals surface area contributed by atoms with Crippen LogP contribution in [0.1, 0.15) is 37.9 Å². The number of aryl methyl sites for hydroxylation is 1. The van der Waals surface area contributed by atoms with Crippen molar-refractivity contribution in [3.05, 3.63) is 98.4 Å². The molecule has 5 N–H and O–H groups in total. The minimum Gasteiger partial charge on any atom is -0.481 e. The van der Waals surface area contributed by atoms with Gasteiger partial charge in [-0.05, 0) is 48.4 Å². The molecule has 1 unspecified atom stereocenters. The summed E-state index contributed by atoms with van der Waals surface area (Å²) in [5.41, 5.74) is 7.93. The predicted octanol–water partition coefficient (Wildman–Crippen LogP) is 3.58. The van der Waals surface area contributed by atoms with Gasteiger partial charge in [-0.25, -0.2) is 4.98 Å². The third-order valence-corrected chi connectivity index (χ3v) is 5.93. The van der Waals surface area contributed by atoms with Crippen LogP contribution in [0.2, 0.25) is 5.02 Å². The second-order valence-electron chi connectivity index (χ2n) is 8.13. The first kappa shape index (κ1) is 24.9. The average molecular weight is 506 g/mol. The Hall–Kier alpha value is -4.21. The van der Waals surface area contributed by atoms with Crippen LogP contribution in [-0.2, 0) is 0 Å². The number of nitrogens with zero attached hydrogens (tertiary/aromatic N) is 1. The number of ether oxygens (including phenoxy) is 1. The number of aromatic nitrogens is 2. The van der Waals surface area contributed by atoms with E-state index < -0.39 is 17.5 Å². The molecule has 0 aliphatic heterocycles. The number of pyridine rings is 2. The molecule has 1 atom stereocenters. The van der Waals surface area contributed by atoms with E-state index in [2.05, 4.69) is 20.6 Å². The zero-order chi connectivity index (χ0) is 25.8. The third kappa shape index (κ3) is 5.37. The molecule has 2 amide bonds. The summed E-state index contributed by atoms with van der Waals surface area (Å²) >= 11 is 6.07. The van der Waals surface area contributed by atoms with Gasteiger partial charge in [0, 0.05) is 40.5 Å². The second-order valence-corrected chi connectivity index (χ2v) is 8.56. The van der Waals surface area contributed by atoms with E-state index in [1.165, 1.54) is 19.4 Å². The number of H-pyrrole nitrogens is 1. The summed E-state index contributed by atoms with van der Waals surface area (Å²) in [6.45, 7) is 1.96. The van der Waals surface area contributed by atoms with Gasteiger partial charge in [0.2, 0.25) is 5.88 Å². The van der Waals surface area contributed by atoms with Gasteiger partial charge in [0.1, 0.15) is 5.56 Å². The van der Waals surface area contributed by atoms with Crippen LogP contribution in [-0.4, -0.2) is 35.4 Å². The molecule has 10 heteroatoms. The SMILES string of the molecule is COc1cc2[nH]c(=O)c(C(=O)Nc3cc(C(=O)NC(CN)c4cccc(Cl)c4)ccc3C)cc2cn1. The Labute approximate surface area is 211 Å². The fourth-order valence-corrected chi connectivity index (χ4v) is 3.89. The highest BCUT2D eigenvalue weighted by atomic mass is 35.5. The Bertz CT molecular complexity index is 1520. The number of hydrogen-bond donors (Lipinski definition) is 4. The molecular formula is C26H24ClN5O4. The van der Waals surface area contributed by atoms with E-state index in [9.17, 15) is 14.4 Å². The van der Waals surface area contributed by atoms with E-state index in [1.807, 2.05) is 6.07 Å². The number of nitrogens with two attached hydrogens (primary N) is 1. The normalized spacial score (nSPS) is 11.7. The van der Waals surface area contributed by atoms with Crippen LogP contribution in [0.4, 0.5) is 5.69 Å². The summed E-state index contributed by atoms with van der Waals surface area (Å²) in [6.07, 6.45) is 1.50. The van der Waals surface area contributed by atoms with Gasteiger partial charge >= 0.3 is 0 Å². The molecule has 4 aromatic rings. The molecule has 0 saturated heterocycles. The van der Waals surface area contributed by atoms with Crippen LogP contribution in [0, 0.1) is 6.92 Å². The second kappa shape index (κ2) is 10.6. The van der Waals surface area contributed by atoms with Crippen LogP contribution >= 0.6 is 11.6 Å². The molecule has 2 aromatic heterocycles. The van der Waals surface area contributed by atoms with Gasteiger partial charge in [0.25, 0.3) is 17.4 Å². The molecule has 184 valence electrons. The summed E-state index contributed by atoms with van der Waals surface area (Å²) in [4.78, 5) is 45.3. The first-order valence-electron chi connectivity index (χ1n) is 11.0. The number of benzene rings is 2. The van der Waals surface area contributed by atoms with Crippen molar-refractivity contribution < 1.29 is 14.3 Å². The van der Waals surface area contributed by atoms with Gasteiger partial charge < -0.3 is 26.1 Å². The summed E-state index contributed by atoms with van der Waals surface area (Å²) in [6, 6.07) is 14.6. The Morgan fingerprint density at radius 3 is 2.67 bits per heavy atom. The molecule has 0 aliphatic rings. The van der Waals surface area contributed by atoms with Crippen LogP contribution < -0.4 is 26.7 Å². The number of fused-ring (bicyclic) bond motifs is 1. The van der Waals surface area contributed by atoms with Crippen molar-refractivity contribution in [1.29, 1.82) is 0 Å². The maximum atomic E-state index is 13.0. The highest BCUT2D eigenvalue weighted by molar-refractivity contribution is 6.30. The molecule has 0 aliphatic carbocycles. The molecule has 0 saturated carbocycles. The number of amides is 2. The number of methoxy groups -OCH3 is 1. The lowest BCUT2D eigenvalue weighted by atomic mass is 10.1. The number of rotatable bonds is 7. The minimum atomic E-state index is -0.617. The molecule has 2 heterocycles. The number of nitrogens with one attached hydrogen (secondary N) is 3. The molecule has 4 rings (SSSR count). The molecular weight excluding hydrogens is 482 g/mol. The lowest BCUT2D eigenvalue weighted by Gasteiger charge is -2.18.